The average molecular weight is 206 g/mol. The SMILES string of the molecule is O=C(Nc1nnns1)c1ccccc1. The maximum absolute atomic E-state index is 11.5. The summed E-state index contributed by atoms with van der Waals surface area (Å²) in [6.45, 7) is 0. The van der Waals surface area contributed by atoms with Crippen molar-refractivity contribution in [2.45, 2.75) is 0 Å². The number of nitrogens with one attached hydrogen (secondary N) is 1. The van der Waals surface area contributed by atoms with Crippen LogP contribution >= 0.6 is 11.5 Å². The van der Waals surface area contributed by atoms with Gasteiger partial charge in [0.25, 0.3) is 5.91 Å². The quantitative estimate of drug-likeness (QED) is 0.801. The zero-order valence-corrected chi connectivity index (χ0v) is 7.86. The summed E-state index contributed by atoms with van der Waals surface area (Å²) in [4.78, 5) is 11.5. The molecule has 0 aliphatic rings. The molecule has 0 atom stereocenters. The van der Waals surface area contributed by atoms with Crippen LogP contribution in [0.4, 0.5) is 5.13 Å². The molecule has 14 heavy (non-hydrogen) atoms. The second-order valence-electron chi connectivity index (χ2n) is 2.49. The maximum Gasteiger partial charge on any atom is 0.257 e. The Morgan fingerprint density at radius 1 is 1.29 bits per heavy atom. The maximum atomic E-state index is 11.5. The van der Waals surface area contributed by atoms with Crippen molar-refractivity contribution in [2.24, 2.45) is 0 Å². The van der Waals surface area contributed by atoms with Crippen molar-refractivity contribution in [3.8, 4) is 0 Å². The van der Waals surface area contributed by atoms with Crippen LogP contribution in [-0.2, 0) is 0 Å². The molecule has 2 rings (SSSR count). The zero-order valence-electron chi connectivity index (χ0n) is 7.04. The van der Waals surface area contributed by atoms with Crippen molar-refractivity contribution in [2.75, 3.05) is 5.32 Å². The van der Waals surface area contributed by atoms with Gasteiger partial charge in [-0.05, 0) is 17.3 Å². The highest BCUT2D eigenvalue weighted by atomic mass is 32.1. The first-order valence-corrected chi connectivity index (χ1v) is 4.65. The molecular formula is C8H6N4OS. The lowest BCUT2D eigenvalue weighted by atomic mass is 10.2. The van der Waals surface area contributed by atoms with Crippen LogP contribution in [0.2, 0.25) is 0 Å². The molecule has 0 saturated carbocycles. The molecule has 0 spiro atoms. The predicted molar refractivity (Wildman–Crippen MR) is 52.1 cm³/mol. The molecule has 1 heterocycles. The second kappa shape index (κ2) is 3.93. The Bertz CT molecular complexity index is 414. The minimum Gasteiger partial charge on any atom is -0.295 e. The molecule has 0 unspecified atom stereocenters. The smallest absolute Gasteiger partial charge is 0.257 e. The third-order valence-corrected chi connectivity index (χ3v) is 2.07. The number of nitrogens with zero attached hydrogens (tertiary/aromatic N) is 3. The summed E-state index contributed by atoms with van der Waals surface area (Å²) >= 11 is 1.04. The van der Waals surface area contributed by atoms with E-state index in [1.165, 1.54) is 0 Å². The number of benzene rings is 1. The third kappa shape index (κ3) is 1.91. The molecule has 1 amide bonds. The fraction of sp³-hybridized carbons (Fsp3) is 0. The highest BCUT2D eigenvalue weighted by Gasteiger charge is 2.06. The van der Waals surface area contributed by atoms with Crippen LogP contribution in [0.15, 0.2) is 30.3 Å². The van der Waals surface area contributed by atoms with E-state index in [1.54, 1.807) is 24.3 Å². The summed E-state index contributed by atoms with van der Waals surface area (Å²) in [6, 6.07) is 8.90. The summed E-state index contributed by atoms with van der Waals surface area (Å²) in [7, 11) is 0. The van der Waals surface area contributed by atoms with Gasteiger partial charge in [0.05, 0.1) is 0 Å². The van der Waals surface area contributed by atoms with Crippen molar-refractivity contribution in [1.82, 2.24) is 14.8 Å². The number of carbonyl (C=O) groups is 1. The van der Waals surface area contributed by atoms with E-state index in [0.29, 0.717) is 10.7 Å². The van der Waals surface area contributed by atoms with E-state index in [2.05, 4.69) is 20.1 Å². The van der Waals surface area contributed by atoms with Crippen LogP contribution in [-0.4, -0.2) is 20.7 Å². The van der Waals surface area contributed by atoms with Crippen molar-refractivity contribution in [3.05, 3.63) is 35.9 Å². The fourth-order valence-electron chi connectivity index (χ4n) is 0.941. The number of amides is 1. The Kier molecular flexibility index (Phi) is 2.46. The van der Waals surface area contributed by atoms with E-state index in [-0.39, 0.29) is 5.91 Å². The molecule has 70 valence electrons. The molecule has 0 bridgehead atoms. The Morgan fingerprint density at radius 2 is 2.07 bits per heavy atom. The van der Waals surface area contributed by atoms with Gasteiger partial charge in [-0.15, -0.1) is 0 Å². The second-order valence-corrected chi connectivity index (χ2v) is 3.22. The van der Waals surface area contributed by atoms with Crippen LogP contribution in [0.25, 0.3) is 0 Å². The lowest BCUT2D eigenvalue weighted by Crippen LogP contribution is -2.11. The van der Waals surface area contributed by atoms with E-state index in [1.807, 2.05) is 6.07 Å². The van der Waals surface area contributed by atoms with Crippen molar-refractivity contribution >= 4 is 22.6 Å². The zero-order chi connectivity index (χ0) is 9.80. The Balaban J connectivity index is 2.11. The molecule has 1 aromatic carbocycles. The molecule has 0 saturated heterocycles. The molecule has 0 radical (unpaired) electrons. The summed E-state index contributed by atoms with van der Waals surface area (Å²) in [5, 5.41) is 9.96. The fourth-order valence-corrected chi connectivity index (χ4v) is 1.30. The third-order valence-electron chi connectivity index (χ3n) is 1.56. The van der Waals surface area contributed by atoms with Crippen LogP contribution in [0.3, 0.4) is 0 Å². The number of rotatable bonds is 2. The van der Waals surface area contributed by atoms with E-state index in [4.69, 9.17) is 0 Å². The molecule has 6 heteroatoms. The first-order chi connectivity index (χ1) is 6.86. The minimum atomic E-state index is -0.204. The van der Waals surface area contributed by atoms with Gasteiger partial charge in [-0.1, -0.05) is 27.8 Å². The largest absolute Gasteiger partial charge is 0.295 e. The minimum absolute atomic E-state index is 0.204. The van der Waals surface area contributed by atoms with Crippen LogP contribution in [0.5, 0.6) is 0 Å². The lowest BCUT2D eigenvalue weighted by molar-refractivity contribution is 0.102. The monoisotopic (exact) mass is 206 g/mol. The van der Waals surface area contributed by atoms with Crippen LogP contribution in [0, 0.1) is 0 Å². The van der Waals surface area contributed by atoms with Crippen LogP contribution in [0.1, 0.15) is 10.4 Å². The van der Waals surface area contributed by atoms with E-state index >= 15 is 0 Å². The number of aromatic nitrogens is 3. The van der Waals surface area contributed by atoms with Crippen LogP contribution < -0.4 is 5.32 Å². The topological polar surface area (TPSA) is 67.8 Å². The number of anilines is 1. The summed E-state index contributed by atoms with van der Waals surface area (Å²) < 4.78 is 3.53. The molecule has 0 aliphatic heterocycles. The van der Waals surface area contributed by atoms with E-state index in [9.17, 15) is 4.79 Å². The molecule has 0 fully saturated rings. The van der Waals surface area contributed by atoms with Gasteiger partial charge in [0, 0.05) is 17.1 Å². The molecular weight excluding hydrogens is 200 g/mol. The molecule has 2 aromatic rings. The van der Waals surface area contributed by atoms with E-state index < -0.39 is 0 Å². The number of carbonyl (C=O) groups excluding carboxylic acids is 1. The van der Waals surface area contributed by atoms with Crippen molar-refractivity contribution < 1.29 is 4.79 Å². The van der Waals surface area contributed by atoms with Gasteiger partial charge in [0.15, 0.2) is 0 Å². The number of hydrogen-bond acceptors (Lipinski definition) is 5. The first kappa shape index (κ1) is 8.76. The van der Waals surface area contributed by atoms with Gasteiger partial charge in [-0.2, -0.15) is 0 Å². The van der Waals surface area contributed by atoms with Gasteiger partial charge in [-0.3, -0.25) is 10.1 Å². The van der Waals surface area contributed by atoms with Crippen molar-refractivity contribution in [3.63, 3.8) is 0 Å². The van der Waals surface area contributed by atoms with Gasteiger partial charge < -0.3 is 0 Å². The first-order valence-electron chi connectivity index (χ1n) is 3.88. The normalized spacial score (nSPS) is 9.71. The van der Waals surface area contributed by atoms with Gasteiger partial charge in [0.2, 0.25) is 5.13 Å². The molecule has 1 N–H and O–H groups in total. The summed E-state index contributed by atoms with van der Waals surface area (Å²) in [5.41, 5.74) is 0.586. The molecule has 5 nitrogen and oxygen atoms in total. The average Bonchev–Trinajstić information content (AvgIpc) is 2.72. The molecule has 0 aliphatic carbocycles. The number of hydrogen-bond donors (Lipinski definition) is 1. The Hall–Kier alpha value is -1.82. The predicted octanol–water partition coefficient (Wildman–Crippen LogP) is 1.19. The van der Waals surface area contributed by atoms with Gasteiger partial charge in [0.1, 0.15) is 0 Å². The highest BCUT2D eigenvalue weighted by Crippen LogP contribution is 2.07. The highest BCUT2D eigenvalue weighted by molar-refractivity contribution is 7.09. The van der Waals surface area contributed by atoms with Gasteiger partial charge in [-0.25, -0.2) is 0 Å². The van der Waals surface area contributed by atoms with E-state index in [0.717, 1.165) is 11.5 Å². The lowest BCUT2D eigenvalue weighted by Gasteiger charge is -1.98. The van der Waals surface area contributed by atoms with Crippen molar-refractivity contribution in [1.29, 1.82) is 0 Å². The molecule has 1 aromatic heterocycles. The summed E-state index contributed by atoms with van der Waals surface area (Å²) in [5.74, 6) is -0.204. The standard InChI is InChI=1S/C8H6N4OS/c13-7(6-4-2-1-3-5-6)9-8-10-11-12-14-8/h1-5H,(H,9,10,12,13). The Labute approximate surface area is 83.9 Å². The van der Waals surface area contributed by atoms with Gasteiger partial charge >= 0.3 is 0 Å². The Morgan fingerprint density at radius 3 is 2.71 bits per heavy atom. The summed E-state index contributed by atoms with van der Waals surface area (Å²) in [6.07, 6.45) is 0.